The van der Waals surface area contributed by atoms with E-state index in [9.17, 15) is 4.79 Å². The van der Waals surface area contributed by atoms with Gasteiger partial charge in [0.2, 0.25) is 0 Å². The fourth-order valence-corrected chi connectivity index (χ4v) is 4.15. The van der Waals surface area contributed by atoms with Crippen molar-refractivity contribution in [2.75, 3.05) is 27.2 Å². The Morgan fingerprint density at radius 2 is 1.65 bits per heavy atom. The lowest BCUT2D eigenvalue weighted by molar-refractivity contribution is -0.896. The molecule has 126 valence electrons. The number of hydrogen-bond acceptors (Lipinski definition) is 2. The molecule has 0 radical (unpaired) electrons. The lowest BCUT2D eigenvalue weighted by Crippen LogP contribution is -2.48. The van der Waals surface area contributed by atoms with Gasteiger partial charge in [0.05, 0.1) is 33.1 Å². The highest BCUT2D eigenvalue weighted by molar-refractivity contribution is 5.78. The molecule has 0 bridgehead atoms. The van der Waals surface area contributed by atoms with Gasteiger partial charge in [-0.15, -0.1) is 0 Å². The lowest BCUT2D eigenvalue weighted by atomic mass is 9.85. The molecule has 1 atom stereocenters. The van der Waals surface area contributed by atoms with Gasteiger partial charge in [-0.25, -0.2) is 0 Å². The predicted octanol–water partition coefficient (Wildman–Crippen LogP) is 3.74. The van der Waals surface area contributed by atoms with E-state index in [4.69, 9.17) is 4.74 Å². The molecule has 3 heteroatoms. The zero-order valence-electron chi connectivity index (χ0n) is 14.5. The van der Waals surface area contributed by atoms with Crippen molar-refractivity contribution in [3.8, 4) is 0 Å². The number of quaternary nitrogens is 1. The largest absolute Gasteiger partial charge is 0.461 e. The number of rotatable bonds is 4. The van der Waals surface area contributed by atoms with Gasteiger partial charge < -0.3 is 9.22 Å². The molecule has 1 heterocycles. The summed E-state index contributed by atoms with van der Waals surface area (Å²) in [5.74, 6) is 0.407. The van der Waals surface area contributed by atoms with E-state index >= 15 is 0 Å². The molecule has 1 aliphatic carbocycles. The molecule has 1 aromatic rings. The van der Waals surface area contributed by atoms with Crippen molar-refractivity contribution < 1.29 is 14.0 Å². The van der Waals surface area contributed by atoms with Gasteiger partial charge in [0.1, 0.15) is 6.10 Å². The van der Waals surface area contributed by atoms with Crippen molar-refractivity contribution in [3.63, 3.8) is 0 Å². The number of carbonyl (C=O) groups excluding carboxylic acids is 1. The second-order valence-electron chi connectivity index (χ2n) is 7.95. The van der Waals surface area contributed by atoms with Crippen molar-refractivity contribution in [1.82, 2.24) is 0 Å². The standard InChI is InChI=1S/C20H30NO2/c1-21(2)14-12-18(13-15-21)23-20(22)19(17-10-6-7-11-17)16-8-4-3-5-9-16/h3-5,8-9,17-19H,6-7,10-15H2,1-2H3/q+1. The third-order valence-electron chi connectivity index (χ3n) is 5.68. The van der Waals surface area contributed by atoms with Crippen molar-refractivity contribution in [2.24, 2.45) is 5.92 Å². The average Bonchev–Trinajstić information content (AvgIpc) is 3.05. The van der Waals surface area contributed by atoms with Crippen LogP contribution in [0.3, 0.4) is 0 Å². The first-order valence-electron chi connectivity index (χ1n) is 9.13. The van der Waals surface area contributed by atoms with Gasteiger partial charge in [-0.05, 0) is 24.3 Å². The van der Waals surface area contributed by atoms with Gasteiger partial charge in [-0.3, -0.25) is 4.79 Å². The van der Waals surface area contributed by atoms with E-state index in [0.717, 1.165) is 48.8 Å². The number of benzene rings is 1. The molecule has 23 heavy (non-hydrogen) atoms. The summed E-state index contributed by atoms with van der Waals surface area (Å²) in [6.07, 6.45) is 6.90. The van der Waals surface area contributed by atoms with Gasteiger partial charge in [0, 0.05) is 12.8 Å². The number of nitrogens with zero attached hydrogens (tertiary/aromatic N) is 1. The third kappa shape index (κ3) is 4.14. The SMILES string of the molecule is C[N+]1(C)CCC(OC(=O)C(c2ccccc2)C2CCCC2)CC1. The molecule has 0 N–H and O–H groups in total. The van der Waals surface area contributed by atoms with Gasteiger partial charge in [0.15, 0.2) is 0 Å². The number of likely N-dealkylation sites (tertiary alicyclic amines) is 1. The third-order valence-corrected chi connectivity index (χ3v) is 5.68. The van der Waals surface area contributed by atoms with Gasteiger partial charge in [-0.2, -0.15) is 0 Å². The minimum atomic E-state index is -0.0665. The van der Waals surface area contributed by atoms with E-state index < -0.39 is 0 Å². The first-order valence-corrected chi connectivity index (χ1v) is 9.13. The first kappa shape index (κ1) is 16.5. The van der Waals surface area contributed by atoms with E-state index in [1.165, 1.54) is 12.8 Å². The number of piperidine rings is 1. The molecular formula is C20H30NO2+. The Bertz CT molecular complexity index is 510. The Hall–Kier alpha value is -1.35. The molecule has 1 aliphatic heterocycles. The molecule has 3 nitrogen and oxygen atoms in total. The molecule has 2 fully saturated rings. The van der Waals surface area contributed by atoms with Crippen LogP contribution in [0.1, 0.15) is 50.0 Å². The molecule has 0 amide bonds. The minimum Gasteiger partial charge on any atom is -0.461 e. The first-order chi connectivity index (χ1) is 11.1. The van der Waals surface area contributed by atoms with E-state index in [1.54, 1.807) is 0 Å². The second kappa shape index (κ2) is 7.04. The highest BCUT2D eigenvalue weighted by Crippen LogP contribution is 2.38. The molecule has 0 aromatic heterocycles. The summed E-state index contributed by atoms with van der Waals surface area (Å²) < 4.78 is 7.01. The van der Waals surface area contributed by atoms with Crippen LogP contribution in [0.2, 0.25) is 0 Å². The lowest BCUT2D eigenvalue weighted by Gasteiger charge is -2.37. The minimum absolute atomic E-state index is 0.0142. The van der Waals surface area contributed by atoms with Crippen LogP contribution in [-0.4, -0.2) is 43.7 Å². The molecule has 1 unspecified atom stereocenters. The van der Waals surface area contributed by atoms with E-state index in [0.29, 0.717) is 5.92 Å². The van der Waals surface area contributed by atoms with Crippen molar-refractivity contribution >= 4 is 5.97 Å². The molecule has 1 saturated carbocycles. The topological polar surface area (TPSA) is 26.3 Å². The normalized spacial score (nSPS) is 23.6. The second-order valence-corrected chi connectivity index (χ2v) is 7.95. The van der Waals surface area contributed by atoms with E-state index in [2.05, 4.69) is 26.2 Å². The summed E-state index contributed by atoms with van der Waals surface area (Å²) in [7, 11) is 4.51. The zero-order valence-corrected chi connectivity index (χ0v) is 14.5. The van der Waals surface area contributed by atoms with Crippen LogP contribution < -0.4 is 0 Å². The summed E-state index contributed by atoms with van der Waals surface area (Å²) in [6, 6.07) is 10.3. The Balaban J connectivity index is 1.68. The molecule has 0 spiro atoms. The predicted molar refractivity (Wildman–Crippen MR) is 92.1 cm³/mol. The van der Waals surface area contributed by atoms with Crippen LogP contribution in [0.4, 0.5) is 0 Å². The highest BCUT2D eigenvalue weighted by Gasteiger charge is 2.36. The Morgan fingerprint density at radius 3 is 2.26 bits per heavy atom. The summed E-state index contributed by atoms with van der Waals surface area (Å²) >= 11 is 0. The Kier molecular flexibility index (Phi) is 5.05. The van der Waals surface area contributed by atoms with Gasteiger partial charge in [-0.1, -0.05) is 43.2 Å². The Labute approximate surface area is 140 Å². The quantitative estimate of drug-likeness (QED) is 0.625. The molecule has 3 rings (SSSR count). The monoisotopic (exact) mass is 316 g/mol. The summed E-state index contributed by atoms with van der Waals surface area (Å²) in [4.78, 5) is 12.9. The van der Waals surface area contributed by atoms with Crippen LogP contribution >= 0.6 is 0 Å². The maximum atomic E-state index is 12.9. The Morgan fingerprint density at radius 1 is 1.04 bits per heavy atom. The van der Waals surface area contributed by atoms with Gasteiger partial charge in [0.25, 0.3) is 0 Å². The highest BCUT2D eigenvalue weighted by atomic mass is 16.5. The summed E-state index contributed by atoms with van der Waals surface area (Å²) in [5, 5.41) is 0. The number of ether oxygens (including phenoxy) is 1. The molecule has 2 aliphatic rings. The van der Waals surface area contributed by atoms with Crippen molar-refractivity contribution in [1.29, 1.82) is 0 Å². The van der Waals surface area contributed by atoms with Gasteiger partial charge >= 0.3 is 5.97 Å². The smallest absolute Gasteiger partial charge is 0.313 e. The fourth-order valence-electron chi connectivity index (χ4n) is 4.15. The zero-order chi connectivity index (χ0) is 16.3. The van der Waals surface area contributed by atoms with Crippen LogP contribution in [0.15, 0.2) is 30.3 Å². The number of carbonyl (C=O) groups is 1. The van der Waals surface area contributed by atoms with Crippen molar-refractivity contribution in [2.45, 2.75) is 50.5 Å². The maximum Gasteiger partial charge on any atom is 0.313 e. The van der Waals surface area contributed by atoms with Crippen LogP contribution in [-0.2, 0) is 9.53 Å². The van der Waals surface area contributed by atoms with E-state index in [1.807, 2.05) is 18.2 Å². The molecule has 1 aromatic carbocycles. The summed E-state index contributed by atoms with van der Waals surface area (Å²) in [6.45, 7) is 2.19. The van der Waals surface area contributed by atoms with Crippen LogP contribution in [0, 0.1) is 5.92 Å². The van der Waals surface area contributed by atoms with Crippen molar-refractivity contribution in [3.05, 3.63) is 35.9 Å². The van der Waals surface area contributed by atoms with E-state index in [-0.39, 0.29) is 18.0 Å². The average molecular weight is 316 g/mol. The maximum absolute atomic E-state index is 12.9. The molecule has 1 saturated heterocycles. The van der Waals surface area contributed by atoms with Crippen LogP contribution in [0.5, 0.6) is 0 Å². The number of esters is 1. The molecular weight excluding hydrogens is 286 g/mol. The number of hydrogen-bond donors (Lipinski definition) is 0. The van der Waals surface area contributed by atoms with Crippen LogP contribution in [0.25, 0.3) is 0 Å². The fraction of sp³-hybridized carbons (Fsp3) is 0.650. The summed E-state index contributed by atoms with van der Waals surface area (Å²) in [5.41, 5.74) is 1.14.